The molecular formula is C22H22N2O2S. The van der Waals surface area contributed by atoms with Gasteiger partial charge in [-0.3, -0.25) is 9.59 Å². The Morgan fingerprint density at radius 2 is 1.70 bits per heavy atom. The molecule has 2 aromatic rings. The predicted molar refractivity (Wildman–Crippen MR) is 112 cm³/mol. The Morgan fingerprint density at radius 3 is 2.41 bits per heavy atom. The van der Waals surface area contributed by atoms with Crippen molar-refractivity contribution in [3.63, 3.8) is 0 Å². The summed E-state index contributed by atoms with van der Waals surface area (Å²) in [7, 11) is 0. The maximum atomic E-state index is 12.7. The van der Waals surface area contributed by atoms with Crippen LogP contribution in [-0.2, 0) is 4.79 Å². The molecule has 0 bridgehead atoms. The highest BCUT2D eigenvalue weighted by atomic mass is 32.2. The summed E-state index contributed by atoms with van der Waals surface area (Å²) in [5.74, 6) is -0.256. The first-order valence-electron chi connectivity index (χ1n) is 9.32. The smallest absolute Gasteiger partial charge is 0.298 e. The van der Waals surface area contributed by atoms with Gasteiger partial charge >= 0.3 is 0 Å². The van der Waals surface area contributed by atoms with E-state index in [1.807, 2.05) is 30.3 Å². The molecule has 0 N–H and O–H groups in total. The minimum Gasteiger partial charge on any atom is -0.371 e. The highest BCUT2D eigenvalue weighted by molar-refractivity contribution is 8.19. The van der Waals surface area contributed by atoms with Gasteiger partial charge in [0.25, 0.3) is 11.1 Å². The fourth-order valence-corrected chi connectivity index (χ4v) is 4.52. The lowest BCUT2D eigenvalue weighted by Gasteiger charge is -2.30. The highest BCUT2D eigenvalue weighted by Gasteiger charge is 2.36. The van der Waals surface area contributed by atoms with Crippen molar-refractivity contribution >= 4 is 40.4 Å². The van der Waals surface area contributed by atoms with Crippen LogP contribution in [0.1, 0.15) is 30.4 Å². The van der Waals surface area contributed by atoms with E-state index >= 15 is 0 Å². The van der Waals surface area contributed by atoms with Crippen molar-refractivity contribution in [3.05, 3.63) is 64.6 Å². The molecule has 27 heavy (non-hydrogen) atoms. The topological polar surface area (TPSA) is 40.6 Å². The quantitative estimate of drug-likeness (QED) is 0.686. The van der Waals surface area contributed by atoms with Crippen molar-refractivity contribution < 1.29 is 9.59 Å². The van der Waals surface area contributed by atoms with E-state index in [-0.39, 0.29) is 11.1 Å². The van der Waals surface area contributed by atoms with Gasteiger partial charge in [-0.25, -0.2) is 4.90 Å². The first-order chi connectivity index (χ1) is 13.1. The van der Waals surface area contributed by atoms with E-state index < -0.39 is 0 Å². The van der Waals surface area contributed by atoms with Crippen LogP contribution >= 0.6 is 11.8 Å². The van der Waals surface area contributed by atoms with E-state index in [9.17, 15) is 9.59 Å². The van der Waals surface area contributed by atoms with E-state index in [1.165, 1.54) is 35.4 Å². The summed E-state index contributed by atoms with van der Waals surface area (Å²) in [5, 5.41) is -0.251. The van der Waals surface area contributed by atoms with Crippen LogP contribution in [0, 0.1) is 6.92 Å². The average Bonchev–Trinajstić information content (AvgIpc) is 2.96. The third-order valence-electron chi connectivity index (χ3n) is 5.02. The van der Waals surface area contributed by atoms with Gasteiger partial charge in [-0.05, 0) is 79.4 Å². The summed E-state index contributed by atoms with van der Waals surface area (Å²) in [4.78, 5) is 29.2. The zero-order chi connectivity index (χ0) is 18.8. The number of carbonyl (C=O) groups is 2. The van der Waals surface area contributed by atoms with Gasteiger partial charge in [-0.1, -0.05) is 24.3 Å². The summed E-state index contributed by atoms with van der Waals surface area (Å²) in [6, 6.07) is 15.3. The van der Waals surface area contributed by atoms with Gasteiger partial charge in [-0.15, -0.1) is 0 Å². The van der Waals surface area contributed by atoms with E-state index in [1.54, 1.807) is 12.1 Å². The van der Waals surface area contributed by atoms with Crippen molar-refractivity contribution in [1.82, 2.24) is 0 Å². The zero-order valence-electron chi connectivity index (χ0n) is 15.4. The van der Waals surface area contributed by atoms with E-state index in [2.05, 4.69) is 24.0 Å². The molecule has 2 aliphatic heterocycles. The second kappa shape index (κ2) is 7.61. The predicted octanol–water partition coefficient (Wildman–Crippen LogP) is 5.23. The number of rotatable bonds is 3. The minimum absolute atomic E-state index is 0.251. The third kappa shape index (κ3) is 3.65. The van der Waals surface area contributed by atoms with Crippen molar-refractivity contribution in [3.8, 4) is 0 Å². The number of hydrogen-bond acceptors (Lipinski definition) is 4. The number of imide groups is 1. The first-order valence-corrected chi connectivity index (χ1v) is 10.1. The second-order valence-corrected chi connectivity index (χ2v) is 7.94. The Morgan fingerprint density at radius 1 is 0.963 bits per heavy atom. The summed E-state index contributed by atoms with van der Waals surface area (Å²) in [6.45, 7) is 4.32. The minimum atomic E-state index is -0.256. The van der Waals surface area contributed by atoms with Gasteiger partial charge in [0.2, 0.25) is 0 Å². The fourth-order valence-electron chi connectivity index (χ4n) is 3.68. The average molecular weight is 378 g/mol. The van der Waals surface area contributed by atoms with Gasteiger partial charge in [-0.2, -0.15) is 0 Å². The number of hydrogen-bond donors (Lipinski definition) is 0. The molecule has 4 nitrogen and oxygen atoms in total. The Kier molecular flexibility index (Phi) is 5.03. The van der Waals surface area contributed by atoms with E-state index in [0.717, 1.165) is 30.4 Å². The molecule has 0 atom stereocenters. The molecular weight excluding hydrogens is 356 g/mol. The number of para-hydroxylation sites is 1. The number of amides is 2. The lowest BCUT2D eigenvalue weighted by molar-refractivity contribution is -0.113. The van der Waals surface area contributed by atoms with Gasteiger partial charge in [0.1, 0.15) is 0 Å². The number of nitrogens with zero attached hydrogens (tertiary/aromatic N) is 2. The number of carbonyl (C=O) groups excluding carboxylic acids is 2. The number of benzene rings is 2. The van der Waals surface area contributed by atoms with Gasteiger partial charge in [0.05, 0.1) is 10.6 Å². The zero-order valence-corrected chi connectivity index (χ0v) is 16.2. The third-order valence-corrected chi connectivity index (χ3v) is 5.89. The molecule has 4 rings (SSSR count). The first kappa shape index (κ1) is 17.9. The van der Waals surface area contributed by atoms with E-state index in [0.29, 0.717) is 10.6 Å². The number of piperidine rings is 1. The summed E-state index contributed by atoms with van der Waals surface area (Å²) >= 11 is 0.998. The number of thioether (sulfide) groups is 1. The second-order valence-electron chi connectivity index (χ2n) is 6.95. The van der Waals surface area contributed by atoms with Crippen molar-refractivity contribution in [2.45, 2.75) is 26.2 Å². The van der Waals surface area contributed by atoms with Crippen LogP contribution in [0.5, 0.6) is 0 Å². The maximum absolute atomic E-state index is 12.7. The molecule has 2 aromatic carbocycles. The molecule has 2 saturated heterocycles. The summed E-state index contributed by atoms with van der Waals surface area (Å²) < 4.78 is 0. The Bertz CT molecular complexity index is 902. The van der Waals surface area contributed by atoms with Crippen LogP contribution in [-0.4, -0.2) is 24.2 Å². The number of anilines is 2. The molecule has 0 saturated carbocycles. The number of aryl methyl sites for hydroxylation is 1. The van der Waals surface area contributed by atoms with Crippen LogP contribution in [0.15, 0.2) is 53.4 Å². The lowest BCUT2D eigenvalue weighted by Crippen LogP contribution is -2.29. The SMILES string of the molecule is Cc1cc(/C=C2/SC(=O)N(c3ccccc3)C2=O)ccc1N1CCCCC1. The molecule has 2 amide bonds. The molecule has 0 radical (unpaired) electrons. The fraction of sp³-hybridized carbons (Fsp3) is 0.273. The van der Waals surface area contributed by atoms with Crippen molar-refractivity contribution in [2.24, 2.45) is 0 Å². The van der Waals surface area contributed by atoms with Gasteiger partial charge in [0, 0.05) is 18.8 Å². The van der Waals surface area contributed by atoms with Crippen molar-refractivity contribution in [1.29, 1.82) is 0 Å². The van der Waals surface area contributed by atoms with Gasteiger partial charge < -0.3 is 4.90 Å². The molecule has 2 fully saturated rings. The molecule has 138 valence electrons. The molecule has 5 heteroatoms. The molecule has 0 aromatic heterocycles. The molecule has 2 heterocycles. The molecule has 0 aliphatic carbocycles. The summed E-state index contributed by atoms with van der Waals surface area (Å²) in [6.07, 6.45) is 5.62. The van der Waals surface area contributed by atoms with E-state index in [4.69, 9.17) is 0 Å². The summed E-state index contributed by atoms with van der Waals surface area (Å²) in [5.41, 5.74) is 4.03. The monoisotopic (exact) mass is 378 g/mol. The van der Waals surface area contributed by atoms with Crippen LogP contribution in [0.4, 0.5) is 16.2 Å². The maximum Gasteiger partial charge on any atom is 0.298 e. The van der Waals surface area contributed by atoms with Crippen LogP contribution < -0.4 is 9.80 Å². The van der Waals surface area contributed by atoms with Gasteiger partial charge in [0.15, 0.2) is 0 Å². The standard InChI is InChI=1S/C22H22N2O2S/c1-16-14-17(10-11-19(16)23-12-6-3-7-13-23)15-20-21(25)24(22(26)27-20)18-8-4-2-5-9-18/h2,4-5,8-11,14-15H,3,6-7,12-13H2,1H3/b20-15+. The Balaban J connectivity index is 1.57. The highest BCUT2D eigenvalue weighted by Crippen LogP contribution is 2.36. The lowest BCUT2D eigenvalue weighted by atomic mass is 10.1. The molecule has 0 unspecified atom stereocenters. The Hall–Kier alpha value is -2.53. The van der Waals surface area contributed by atoms with Crippen LogP contribution in [0.3, 0.4) is 0 Å². The Labute approximate surface area is 163 Å². The van der Waals surface area contributed by atoms with Crippen LogP contribution in [0.2, 0.25) is 0 Å². The van der Waals surface area contributed by atoms with Crippen molar-refractivity contribution in [2.75, 3.05) is 22.9 Å². The van der Waals surface area contributed by atoms with Crippen LogP contribution in [0.25, 0.3) is 6.08 Å². The molecule has 0 spiro atoms. The molecule has 2 aliphatic rings. The normalized spacial score (nSPS) is 19.2. The largest absolute Gasteiger partial charge is 0.371 e.